The SMILES string of the molecule is CC(=O)NCCC(O)C(O)c1cccc(N)c1C. The maximum absolute atomic E-state index is 10.7. The number of nitrogens with two attached hydrogens (primary N) is 1. The second-order valence-corrected chi connectivity index (χ2v) is 4.35. The molecule has 0 aliphatic carbocycles. The van der Waals surface area contributed by atoms with Gasteiger partial charge in [-0.2, -0.15) is 0 Å². The second-order valence-electron chi connectivity index (χ2n) is 4.35. The van der Waals surface area contributed by atoms with Crippen LogP contribution in [0.5, 0.6) is 0 Å². The predicted molar refractivity (Wildman–Crippen MR) is 69.9 cm³/mol. The zero-order valence-corrected chi connectivity index (χ0v) is 10.7. The monoisotopic (exact) mass is 252 g/mol. The van der Waals surface area contributed by atoms with Crippen LogP contribution in [0.2, 0.25) is 0 Å². The Balaban J connectivity index is 2.65. The van der Waals surface area contributed by atoms with Crippen LogP contribution in [0.4, 0.5) is 5.69 Å². The third kappa shape index (κ3) is 3.72. The Morgan fingerprint density at radius 1 is 1.44 bits per heavy atom. The first-order valence-corrected chi connectivity index (χ1v) is 5.89. The molecule has 1 aromatic rings. The van der Waals surface area contributed by atoms with E-state index in [1.54, 1.807) is 25.1 Å². The van der Waals surface area contributed by atoms with Crippen LogP contribution in [0.15, 0.2) is 18.2 Å². The average molecular weight is 252 g/mol. The van der Waals surface area contributed by atoms with Crippen LogP contribution < -0.4 is 11.1 Å². The minimum atomic E-state index is -0.998. The number of aliphatic hydroxyl groups is 2. The van der Waals surface area contributed by atoms with Gasteiger partial charge in [-0.3, -0.25) is 4.79 Å². The summed E-state index contributed by atoms with van der Waals surface area (Å²) in [5, 5.41) is 22.5. The fourth-order valence-electron chi connectivity index (χ4n) is 1.75. The van der Waals surface area contributed by atoms with Crippen molar-refractivity contribution in [1.29, 1.82) is 0 Å². The third-order valence-corrected chi connectivity index (χ3v) is 2.91. The molecule has 1 amide bonds. The van der Waals surface area contributed by atoms with E-state index in [2.05, 4.69) is 5.32 Å². The minimum Gasteiger partial charge on any atom is -0.399 e. The molecule has 0 radical (unpaired) electrons. The Morgan fingerprint density at radius 2 is 2.11 bits per heavy atom. The molecule has 2 unspecified atom stereocenters. The molecular weight excluding hydrogens is 232 g/mol. The van der Waals surface area contributed by atoms with Gasteiger partial charge < -0.3 is 21.3 Å². The van der Waals surface area contributed by atoms with E-state index in [4.69, 9.17) is 5.73 Å². The van der Waals surface area contributed by atoms with Crippen LogP contribution >= 0.6 is 0 Å². The van der Waals surface area contributed by atoms with Gasteiger partial charge >= 0.3 is 0 Å². The Kier molecular flexibility index (Phi) is 5.12. The standard InChI is InChI=1S/C13H20N2O3/c1-8-10(4-3-5-11(8)14)13(18)12(17)6-7-15-9(2)16/h3-5,12-13,17-18H,6-7,14H2,1-2H3,(H,15,16). The fraction of sp³-hybridized carbons (Fsp3) is 0.462. The highest BCUT2D eigenvalue weighted by molar-refractivity contribution is 5.72. The quantitative estimate of drug-likeness (QED) is 0.574. The van der Waals surface area contributed by atoms with Crippen LogP contribution in [0.1, 0.15) is 30.6 Å². The summed E-state index contributed by atoms with van der Waals surface area (Å²) in [5.41, 5.74) is 7.72. The van der Waals surface area contributed by atoms with E-state index < -0.39 is 12.2 Å². The van der Waals surface area contributed by atoms with E-state index in [1.807, 2.05) is 0 Å². The number of benzene rings is 1. The summed E-state index contributed by atoms with van der Waals surface area (Å²) in [6.45, 7) is 3.54. The topological polar surface area (TPSA) is 95.6 Å². The van der Waals surface area contributed by atoms with Gasteiger partial charge in [-0.05, 0) is 30.5 Å². The van der Waals surface area contributed by atoms with Gasteiger partial charge in [0.15, 0.2) is 0 Å². The van der Waals surface area contributed by atoms with Crippen molar-refractivity contribution >= 4 is 11.6 Å². The van der Waals surface area contributed by atoms with Crippen LogP contribution in [0, 0.1) is 6.92 Å². The molecule has 5 nitrogen and oxygen atoms in total. The van der Waals surface area contributed by atoms with Crippen molar-refractivity contribution in [1.82, 2.24) is 5.32 Å². The molecule has 18 heavy (non-hydrogen) atoms. The number of nitrogens with one attached hydrogen (secondary N) is 1. The largest absolute Gasteiger partial charge is 0.399 e. The van der Waals surface area contributed by atoms with Gasteiger partial charge in [0.2, 0.25) is 5.91 Å². The maximum Gasteiger partial charge on any atom is 0.216 e. The predicted octanol–water partition coefficient (Wildman–Crippen LogP) is 0.498. The van der Waals surface area contributed by atoms with Crippen molar-refractivity contribution in [3.8, 4) is 0 Å². The summed E-state index contributed by atoms with van der Waals surface area (Å²) < 4.78 is 0. The van der Waals surface area contributed by atoms with Crippen molar-refractivity contribution in [2.75, 3.05) is 12.3 Å². The highest BCUT2D eigenvalue weighted by Gasteiger charge is 2.20. The molecule has 0 saturated carbocycles. The van der Waals surface area contributed by atoms with E-state index in [0.29, 0.717) is 17.8 Å². The Labute approximate surface area is 107 Å². The number of hydrogen-bond acceptors (Lipinski definition) is 4. The lowest BCUT2D eigenvalue weighted by Gasteiger charge is -2.20. The second kappa shape index (κ2) is 6.37. The number of aliphatic hydroxyl groups excluding tert-OH is 2. The van der Waals surface area contributed by atoms with Gasteiger partial charge in [-0.15, -0.1) is 0 Å². The molecule has 0 saturated heterocycles. The van der Waals surface area contributed by atoms with Gasteiger partial charge in [0, 0.05) is 19.2 Å². The Bertz CT molecular complexity index is 421. The van der Waals surface area contributed by atoms with Crippen molar-refractivity contribution < 1.29 is 15.0 Å². The first kappa shape index (κ1) is 14.5. The third-order valence-electron chi connectivity index (χ3n) is 2.91. The Morgan fingerprint density at radius 3 is 2.72 bits per heavy atom. The first-order chi connectivity index (χ1) is 8.43. The molecule has 0 aliphatic rings. The summed E-state index contributed by atoms with van der Waals surface area (Å²) in [6, 6.07) is 5.22. The van der Waals surface area contributed by atoms with E-state index >= 15 is 0 Å². The number of hydrogen-bond donors (Lipinski definition) is 4. The van der Waals surface area contributed by atoms with Crippen molar-refractivity contribution in [2.45, 2.75) is 32.5 Å². The molecule has 5 N–H and O–H groups in total. The molecular formula is C13H20N2O3. The van der Waals surface area contributed by atoms with Crippen LogP contribution in [0.25, 0.3) is 0 Å². The normalized spacial score (nSPS) is 14.0. The van der Waals surface area contributed by atoms with Crippen molar-refractivity contribution in [3.63, 3.8) is 0 Å². The van der Waals surface area contributed by atoms with E-state index in [9.17, 15) is 15.0 Å². The molecule has 5 heteroatoms. The van der Waals surface area contributed by atoms with Crippen LogP contribution in [0.3, 0.4) is 0 Å². The van der Waals surface area contributed by atoms with E-state index in [-0.39, 0.29) is 12.3 Å². The number of carbonyl (C=O) groups excluding carboxylic acids is 1. The summed E-state index contributed by atoms with van der Waals surface area (Å²) in [4.78, 5) is 10.7. The van der Waals surface area contributed by atoms with Crippen LogP contribution in [-0.2, 0) is 4.79 Å². The molecule has 0 aliphatic heterocycles. The number of anilines is 1. The number of carbonyl (C=O) groups is 1. The molecule has 0 heterocycles. The number of nitrogen functional groups attached to an aromatic ring is 1. The summed E-state index contributed by atoms with van der Waals surface area (Å²) in [7, 11) is 0. The molecule has 0 spiro atoms. The number of amides is 1. The average Bonchev–Trinajstić information content (AvgIpc) is 2.31. The minimum absolute atomic E-state index is 0.156. The summed E-state index contributed by atoms with van der Waals surface area (Å²) >= 11 is 0. The van der Waals surface area contributed by atoms with E-state index in [0.717, 1.165) is 5.56 Å². The zero-order valence-electron chi connectivity index (χ0n) is 10.7. The molecule has 0 fully saturated rings. The van der Waals surface area contributed by atoms with Crippen molar-refractivity contribution in [3.05, 3.63) is 29.3 Å². The smallest absolute Gasteiger partial charge is 0.216 e. The lowest BCUT2D eigenvalue weighted by molar-refractivity contribution is -0.119. The Hall–Kier alpha value is -1.59. The zero-order chi connectivity index (χ0) is 13.7. The van der Waals surface area contributed by atoms with Gasteiger partial charge in [0.25, 0.3) is 0 Å². The maximum atomic E-state index is 10.7. The molecule has 100 valence electrons. The molecule has 2 atom stereocenters. The van der Waals surface area contributed by atoms with Gasteiger partial charge in [0.05, 0.1) is 6.10 Å². The van der Waals surface area contributed by atoms with Crippen molar-refractivity contribution in [2.24, 2.45) is 0 Å². The van der Waals surface area contributed by atoms with Gasteiger partial charge in [0.1, 0.15) is 6.10 Å². The number of rotatable bonds is 5. The highest BCUT2D eigenvalue weighted by Crippen LogP contribution is 2.25. The van der Waals surface area contributed by atoms with Crippen LogP contribution in [-0.4, -0.2) is 28.8 Å². The summed E-state index contributed by atoms with van der Waals surface area (Å²) in [6.07, 6.45) is -1.64. The fourth-order valence-corrected chi connectivity index (χ4v) is 1.75. The molecule has 1 aromatic carbocycles. The highest BCUT2D eigenvalue weighted by atomic mass is 16.3. The van der Waals surface area contributed by atoms with Gasteiger partial charge in [-0.25, -0.2) is 0 Å². The lowest BCUT2D eigenvalue weighted by Crippen LogP contribution is -2.28. The molecule has 0 aromatic heterocycles. The molecule has 1 rings (SSSR count). The first-order valence-electron chi connectivity index (χ1n) is 5.89. The lowest BCUT2D eigenvalue weighted by atomic mass is 9.97. The van der Waals surface area contributed by atoms with Gasteiger partial charge in [-0.1, -0.05) is 12.1 Å². The summed E-state index contributed by atoms with van der Waals surface area (Å²) in [5.74, 6) is -0.156. The van der Waals surface area contributed by atoms with E-state index in [1.165, 1.54) is 6.92 Å². The molecule has 0 bridgehead atoms.